The Hall–Kier alpha value is -2.72. The highest BCUT2D eigenvalue weighted by Gasteiger charge is 2.30. The minimum Gasteiger partial charge on any atom is -0.457 e. The van der Waals surface area contributed by atoms with Gasteiger partial charge in [0.15, 0.2) is 0 Å². The number of ether oxygens (including phenoxy) is 1. The summed E-state index contributed by atoms with van der Waals surface area (Å²) in [5.74, 6) is -0.769. The first-order valence-electron chi connectivity index (χ1n) is 6.50. The fourth-order valence-electron chi connectivity index (χ4n) is 1.46. The maximum Gasteiger partial charge on any atom is 0.428 e. The van der Waals surface area contributed by atoms with Crippen molar-refractivity contribution in [2.45, 2.75) is 13.3 Å². The number of hydrogen-bond acceptors (Lipinski definition) is 4. The Labute approximate surface area is 123 Å². The van der Waals surface area contributed by atoms with E-state index in [1.165, 1.54) is 0 Å². The molecule has 0 aliphatic carbocycles. The van der Waals surface area contributed by atoms with Crippen molar-refractivity contribution in [1.29, 1.82) is 0 Å². The molecule has 0 aliphatic heterocycles. The summed E-state index contributed by atoms with van der Waals surface area (Å²) in [7, 11) is 0. The molecule has 0 heterocycles. The molecule has 0 atom stereocenters. The number of oxime groups is 1. The van der Waals surface area contributed by atoms with Gasteiger partial charge in [-0.1, -0.05) is 41.6 Å². The van der Waals surface area contributed by atoms with Gasteiger partial charge < -0.3 is 15.1 Å². The summed E-state index contributed by atoms with van der Waals surface area (Å²) in [5, 5.41) is 3.88. The van der Waals surface area contributed by atoms with Crippen LogP contribution in [-0.4, -0.2) is 35.4 Å². The number of carbonyl (C=O) groups is 1. The monoisotopic (exact) mass is 287 g/mol. The smallest absolute Gasteiger partial charge is 0.428 e. The fourth-order valence-corrected chi connectivity index (χ4v) is 1.46. The van der Waals surface area contributed by atoms with Crippen molar-refractivity contribution in [3.05, 3.63) is 54.1 Å². The topological polar surface area (TPSA) is 84.3 Å². The molecule has 1 aromatic carbocycles. The van der Waals surface area contributed by atoms with Crippen molar-refractivity contribution in [3.8, 4) is 0 Å². The van der Waals surface area contributed by atoms with Gasteiger partial charge in [-0.2, -0.15) is 4.79 Å². The van der Waals surface area contributed by atoms with E-state index in [1.54, 1.807) is 37.3 Å². The van der Waals surface area contributed by atoms with E-state index in [4.69, 9.17) is 15.1 Å². The first-order chi connectivity index (χ1) is 10.2. The Morgan fingerprint density at radius 1 is 1.43 bits per heavy atom. The van der Waals surface area contributed by atoms with Crippen molar-refractivity contribution in [1.82, 2.24) is 0 Å². The van der Waals surface area contributed by atoms with Crippen molar-refractivity contribution >= 4 is 17.4 Å². The minimum atomic E-state index is -0.769. The Bertz CT molecular complexity index is 561. The van der Waals surface area contributed by atoms with Crippen LogP contribution < -0.4 is 0 Å². The van der Waals surface area contributed by atoms with Gasteiger partial charge in [0, 0.05) is 12.0 Å². The lowest BCUT2D eigenvalue weighted by Crippen LogP contribution is -2.28. The average molecular weight is 287 g/mol. The van der Waals surface area contributed by atoms with Crippen molar-refractivity contribution in [3.63, 3.8) is 0 Å². The highest BCUT2D eigenvalue weighted by Crippen LogP contribution is 2.04. The second kappa shape index (κ2) is 9.23. The molecule has 1 aromatic rings. The van der Waals surface area contributed by atoms with E-state index in [-0.39, 0.29) is 18.0 Å². The van der Waals surface area contributed by atoms with Gasteiger partial charge in [-0.15, -0.1) is 6.58 Å². The molecule has 0 bridgehead atoms. The number of esters is 1. The Morgan fingerprint density at radius 2 is 2.14 bits per heavy atom. The van der Waals surface area contributed by atoms with E-state index >= 15 is 0 Å². The summed E-state index contributed by atoms with van der Waals surface area (Å²) in [6.45, 7) is 5.70. The largest absolute Gasteiger partial charge is 0.457 e. The van der Waals surface area contributed by atoms with Gasteiger partial charge in [-0.3, -0.25) is 0 Å². The molecule has 0 fully saturated rings. The number of rotatable bonds is 8. The van der Waals surface area contributed by atoms with Crippen LogP contribution in [0.4, 0.5) is 0 Å². The summed E-state index contributed by atoms with van der Waals surface area (Å²) in [6, 6.07) is 8.81. The summed E-state index contributed by atoms with van der Waals surface area (Å²) >= 11 is 0. The maximum atomic E-state index is 11.8. The van der Waals surface area contributed by atoms with Crippen LogP contribution in [0.5, 0.6) is 0 Å². The van der Waals surface area contributed by atoms with Crippen LogP contribution >= 0.6 is 0 Å². The molecule has 21 heavy (non-hydrogen) atoms. The molecule has 6 nitrogen and oxygen atoms in total. The molecule has 0 radical (unpaired) electrons. The molecule has 0 saturated heterocycles. The SMILES string of the molecule is C=CCCO/N=C(/C(=[N+]=[N-])C(=O)OCC)c1ccccc1. The predicted octanol–water partition coefficient (Wildman–Crippen LogP) is 2.22. The van der Waals surface area contributed by atoms with Crippen LogP contribution in [0.15, 0.2) is 48.1 Å². The van der Waals surface area contributed by atoms with Gasteiger partial charge in [0.05, 0.1) is 6.61 Å². The molecule has 6 heteroatoms. The average Bonchev–Trinajstić information content (AvgIpc) is 2.51. The van der Waals surface area contributed by atoms with Crippen LogP contribution in [0.3, 0.4) is 0 Å². The molecule has 0 saturated carbocycles. The van der Waals surface area contributed by atoms with E-state index in [9.17, 15) is 4.79 Å². The Balaban J connectivity index is 3.09. The number of hydrogen-bond donors (Lipinski definition) is 0. The zero-order chi connectivity index (χ0) is 15.5. The molecule has 0 spiro atoms. The summed E-state index contributed by atoms with van der Waals surface area (Å²) in [4.78, 5) is 19.9. The van der Waals surface area contributed by atoms with E-state index in [0.29, 0.717) is 18.6 Å². The third-order valence-corrected chi connectivity index (χ3v) is 2.41. The second-order valence-corrected chi connectivity index (χ2v) is 3.89. The van der Waals surface area contributed by atoms with Crippen molar-refractivity contribution in [2.75, 3.05) is 13.2 Å². The van der Waals surface area contributed by atoms with E-state index in [0.717, 1.165) is 0 Å². The van der Waals surface area contributed by atoms with Gasteiger partial charge in [-0.25, -0.2) is 4.79 Å². The second-order valence-electron chi connectivity index (χ2n) is 3.89. The zero-order valence-electron chi connectivity index (χ0n) is 11.9. The highest BCUT2D eigenvalue weighted by atomic mass is 16.6. The molecular formula is C15H17N3O3. The number of nitrogens with zero attached hydrogens (tertiary/aromatic N) is 3. The normalized spacial score (nSPS) is 10.4. The molecule has 1 rings (SSSR count). The summed E-state index contributed by atoms with van der Waals surface area (Å²) < 4.78 is 4.84. The molecule has 0 unspecified atom stereocenters. The maximum absolute atomic E-state index is 11.8. The first-order valence-corrected chi connectivity index (χ1v) is 6.50. The van der Waals surface area contributed by atoms with Crippen LogP contribution in [0.25, 0.3) is 5.53 Å². The zero-order valence-corrected chi connectivity index (χ0v) is 11.9. The quantitative estimate of drug-likeness (QED) is 0.140. The minimum absolute atomic E-state index is 0.112. The van der Waals surface area contributed by atoms with Crippen molar-refractivity contribution < 1.29 is 19.2 Å². The lowest BCUT2D eigenvalue weighted by atomic mass is 10.1. The third-order valence-electron chi connectivity index (χ3n) is 2.41. The van der Waals surface area contributed by atoms with Gasteiger partial charge in [0.2, 0.25) is 5.71 Å². The fraction of sp³-hybridized carbons (Fsp3) is 0.267. The Kier molecular flexibility index (Phi) is 7.18. The summed E-state index contributed by atoms with van der Waals surface area (Å²) in [5.41, 5.74) is 9.48. The van der Waals surface area contributed by atoms with Crippen LogP contribution in [-0.2, 0) is 14.4 Å². The van der Waals surface area contributed by atoms with Crippen LogP contribution in [0, 0.1) is 0 Å². The van der Waals surface area contributed by atoms with Crippen LogP contribution in [0.1, 0.15) is 18.9 Å². The summed E-state index contributed by atoms with van der Waals surface area (Å²) in [6.07, 6.45) is 2.29. The Morgan fingerprint density at radius 3 is 2.71 bits per heavy atom. The predicted molar refractivity (Wildman–Crippen MR) is 79.0 cm³/mol. The van der Waals surface area contributed by atoms with Gasteiger partial charge in [0.25, 0.3) is 0 Å². The van der Waals surface area contributed by atoms with Gasteiger partial charge in [-0.05, 0) is 6.92 Å². The van der Waals surface area contributed by atoms with Crippen molar-refractivity contribution in [2.24, 2.45) is 5.16 Å². The number of benzene rings is 1. The molecular weight excluding hydrogens is 270 g/mol. The van der Waals surface area contributed by atoms with Gasteiger partial charge >= 0.3 is 11.7 Å². The molecule has 0 aromatic heterocycles. The molecule has 0 N–H and O–H groups in total. The molecule has 0 amide bonds. The standard InChI is InChI=1S/C15H17N3O3/c1-3-5-11-21-18-13(12-9-7-6-8-10-12)14(17-16)15(19)20-4-2/h3,6-10H,1,4-5,11H2,2H3/b18-13+. The molecule has 0 aliphatic rings. The van der Waals surface area contributed by atoms with Gasteiger partial charge in [0.1, 0.15) is 6.61 Å². The third kappa shape index (κ3) is 5.04. The van der Waals surface area contributed by atoms with E-state index < -0.39 is 5.97 Å². The van der Waals surface area contributed by atoms with Crippen LogP contribution in [0.2, 0.25) is 0 Å². The lowest BCUT2D eigenvalue weighted by Gasteiger charge is -2.03. The van der Waals surface area contributed by atoms with E-state index in [2.05, 4.69) is 16.5 Å². The lowest BCUT2D eigenvalue weighted by molar-refractivity contribution is -0.139. The first kappa shape index (κ1) is 16.3. The highest BCUT2D eigenvalue weighted by molar-refractivity contribution is 6.67. The van der Waals surface area contributed by atoms with E-state index in [1.807, 2.05) is 6.07 Å². The molecule has 110 valence electrons. The number of carbonyl (C=O) groups excluding carboxylic acids is 1.